The van der Waals surface area contributed by atoms with Gasteiger partial charge in [0.2, 0.25) is 11.8 Å². The van der Waals surface area contributed by atoms with Gasteiger partial charge in [0.1, 0.15) is 0 Å². The maximum Gasteiger partial charge on any atom is 0.223 e. The minimum atomic E-state index is 0.0195. The molecule has 1 aromatic heterocycles. The molecule has 1 fully saturated rings. The molecule has 2 rings (SSSR count). The van der Waals surface area contributed by atoms with E-state index in [1.54, 1.807) is 11.8 Å². The highest BCUT2D eigenvalue weighted by molar-refractivity contribution is 7.13. The topological polar surface area (TPSA) is 88.3 Å². The summed E-state index contributed by atoms with van der Waals surface area (Å²) in [6, 6.07) is 0. The van der Waals surface area contributed by atoms with Gasteiger partial charge in [-0.2, -0.15) is 0 Å². The molecule has 0 radical (unpaired) electrons. The van der Waals surface area contributed by atoms with Crippen molar-refractivity contribution in [2.24, 2.45) is 5.92 Å². The van der Waals surface area contributed by atoms with Gasteiger partial charge in [0, 0.05) is 44.3 Å². The van der Waals surface area contributed by atoms with Crippen LogP contribution in [0.5, 0.6) is 0 Å². The van der Waals surface area contributed by atoms with Crippen molar-refractivity contribution in [2.75, 3.05) is 25.4 Å². The summed E-state index contributed by atoms with van der Waals surface area (Å²) in [4.78, 5) is 29.2. The van der Waals surface area contributed by atoms with Crippen LogP contribution in [-0.2, 0) is 16.0 Å². The van der Waals surface area contributed by atoms with E-state index in [9.17, 15) is 9.59 Å². The number of likely N-dealkylation sites (tertiary alicyclic amines) is 1. The van der Waals surface area contributed by atoms with Gasteiger partial charge in [-0.25, -0.2) is 4.98 Å². The van der Waals surface area contributed by atoms with Gasteiger partial charge in [-0.3, -0.25) is 9.59 Å². The molecule has 1 aliphatic heterocycles. The van der Waals surface area contributed by atoms with E-state index < -0.39 is 0 Å². The maximum atomic E-state index is 12.0. The highest BCUT2D eigenvalue weighted by Gasteiger charge is 2.25. The lowest BCUT2D eigenvalue weighted by atomic mass is 9.96. The van der Waals surface area contributed by atoms with E-state index in [0.717, 1.165) is 18.5 Å². The molecule has 2 amide bonds. The Morgan fingerprint density at radius 3 is 2.75 bits per heavy atom. The Kier molecular flexibility index (Phi) is 4.94. The summed E-state index contributed by atoms with van der Waals surface area (Å²) in [5, 5.41) is 5.40. The highest BCUT2D eigenvalue weighted by Crippen LogP contribution is 2.17. The van der Waals surface area contributed by atoms with E-state index >= 15 is 0 Å². The second-order valence-electron chi connectivity index (χ2n) is 5.00. The lowest BCUT2D eigenvalue weighted by molar-refractivity contribution is -0.133. The minimum Gasteiger partial charge on any atom is -0.375 e. The largest absolute Gasteiger partial charge is 0.375 e. The molecule has 1 saturated heterocycles. The first kappa shape index (κ1) is 14.8. The molecular formula is C13H20N4O2S. The molecule has 2 heterocycles. The summed E-state index contributed by atoms with van der Waals surface area (Å²) in [6.07, 6.45) is 2.19. The highest BCUT2D eigenvalue weighted by atomic mass is 32.1. The molecule has 7 heteroatoms. The average Bonchev–Trinajstić information content (AvgIpc) is 2.84. The molecule has 3 N–H and O–H groups in total. The first-order valence-corrected chi connectivity index (χ1v) is 7.67. The number of amides is 2. The van der Waals surface area contributed by atoms with Crippen molar-refractivity contribution in [2.45, 2.75) is 26.2 Å². The molecule has 1 aromatic rings. The summed E-state index contributed by atoms with van der Waals surface area (Å²) >= 11 is 1.41. The van der Waals surface area contributed by atoms with Gasteiger partial charge in [0.05, 0.1) is 5.69 Å². The summed E-state index contributed by atoms with van der Waals surface area (Å²) < 4.78 is 0. The molecule has 0 bridgehead atoms. The normalized spacial score (nSPS) is 16.1. The Balaban J connectivity index is 1.69. The van der Waals surface area contributed by atoms with Crippen LogP contribution in [0.1, 0.15) is 25.5 Å². The summed E-state index contributed by atoms with van der Waals surface area (Å²) in [5.74, 6) is 0.187. The van der Waals surface area contributed by atoms with Crippen molar-refractivity contribution in [1.82, 2.24) is 15.2 Å². The number of aromatic nitrogens is 1. The van der Waals surface area contributed by atoms with Crippen LogP contribution in [0.4, 0.5) is 5.13 Å². The molecule has 0 aromatic carbocycles. The number of anilines is 1. The number of nitrogens with one attached hydrogen (secondary N) is 1. The van der Waals surface area contributed by atoms with Crippen molar-refractivity contribution >= 4 is 28.3 Å². The van der Waals surface area contributed by atoms with Gasteiger partial charge < -0.3 is 16.0 Å². The smallest absolute Gasteiger partial charge is 0.223 e. The van der Waals surface area contributed by atoms with E-state index in [4.69, 9.17) is 5.73 Å². The predicted octanol–water partition coefficient (Wildman–Crippen LogP) is 0.643. The van der Waals surface area contributed by atoms with Gasteiger partial charge in [-0.05, 0) is 12.8 Å². The predicted molar refractivity (Wildman–Crippen MR) is 78.2 cm³/mol. The van der Waals surface area contributed by atoms with E-state index in [1.165, 1.54) is 11.3 Å². The van der Waals surface area contributed by atoms with Crippen molar-refractivity contribution in [3.63, 3.8) is 0 Å². The zero-order valence-electron chi connectivity index (χ0n) is 11.6. The number of hydrogen-bond donors (Lipinski definition) is 2. The molecule has 110 valence electrons. The van der Waals surface area contributed by atoms with Crippen molar-refractivity contribution in [1.29, 1.82) is 0 Å². The number of carbonyl (C=O) groups is 2. The van der Waals surface area contributed by atoms with Crippen LogP contribution in [0.3, 0.4) is 0 Å². The summed E-state index contributed by atoms with van der Waals surface area (Å²) in [6.45, 7) is 3.50. The number of carbonyl (C=O) groups excluding carboxylic acids is 2. The van der Waals surface area contributed by atoms with Crippen LogP contribution in [0.15, 0.2) is 5.38 Å². The van der Waals surface area contributed by atoms with Crippen LogP contribution in [0.25, 0.3) is 0 Å². The lowest BCUT2D eigenvalue weighted by Gasteiger charge is -2.30. The van der Waals surface area contributed by atoms with Gasteiger partial charge >= 0.3 is 0 Å². The molecule has 0 atom stereocenters. The summed E-state index contributed by atoms with van der Waals surface area (Å²) in [5.41, 5.74) is 6.47. The second kappa shape index (κ2) is 6.69. The lowest BCUT2D eigenvalue weighted by Crippen LogP contribution is -2.42. The molecule has 6 nitrogen and oxygen atoms in total. The zero-order chi connectivity index (χ0) is 14.5. The second-order valence-corrected chi connectivity index (χ2v) is 5.89. The molecule has 1 aliphatic rings. The fourth-order valence-corrected chi connectivity index (χ4v) is 2.95. The van der Waals surface area contributed by atoms with Crippen LogP contribution >= 0.6 is 11.3 Å². The molecule has 0 aliphatic carbocycles. The Labute approximate surface area is 122 Å². The first-order valence-electron chi connectivity index (χ1n) is 6.79. The van der Waals surface area contributed by atoms with Gasteiger partial charge in [0.25, 0.3) is 0 Å². The van der Waals surface area contributed by atoms with E-state index in [1.807, 2.05) is 5.38 Å². The standard InChI is InChI=1S/C13H20N4O2S/c1-9(18)17-6-3-10(4-7-17)12(19)15-5-2-11-8-20-13(14)16-11/h8,10H,2-7H2,1H3,(H2,14,16)(H,15,19). The molecule has 0 spiro atoms. The Morgan fingerprint density at radius 2 is 2.20 bits per heavy atom. The number of nitrogens with two attached hydrogens (primary N) is 1. The maximum absolute atomic E-state index is 12.0. The summed E-state index contributed by atoms with van der Waals surface area (Å²) in [7, 11) is 0. The van der Waals surface area contributed by atoms with Crippen molar-refractivity contribution in [3.05, 3.63) is 11.1 Å². The Hall–Kier alpha value is -1.63. The fourth-order valence-electron chi connectivity index (χ4n) is 2.35. The van der Waals surface area contributed by atoms with Crippen LogP contribution in [-0.4, -0.2) is 41.3 Å². The Morgan fingerprint density at radius 1 is 1.50 bits per heavy atom. The van der Waals surface area contributed by atoms with Crippen LogP contribution < -0.4 is 11.1 Å². The number of piperidine rings is 1. The third kappa shape index (κ3) is 3.93. The third-order valence-electron chi connectivity index (χ3n) is 3.56. The number of nitrogens with zero attached hydrogens (tertiary/aromatic N) is 2. The molecule has 20 heavy (non-hydrogen) atoms. The van der Waals surface area contributed by atoms with Crippen LogP contribution in [0, 0.1) is 5.92 Å². The number of rotatable bonds is 4. The molecule has 0 unspecified atom stereocenters. The third-order valence-corrected chi connectivity index (χ3v) is 4.28. The number of hydrogen-bond acceptors (Lipinski definition) is 5. The monoisotopic (exact) mass is 296 g/mol. The van der Waals surface area contributed by atoms with Crippen molar-refractivity contribution in [3.8, 4) is 0 Å². The SMILES string of the molecule is CC(=O)N1CCC(C(=O)NCCc2csc(N)n2)CC1. The minimum absolute atomic E-state index is 0.0195. The number of thiazole rings is 1. The Bertz CT molecular complexity index is 480. The zero-order valence-corrected chi connectivity index (χ0v) is 12.4. The van der Waals surface area contributed by atoms with Crippen molar-refractivity contribution < 1.29 is 9.59 Å². The van der Waals surface area contributed by atoms with Gasteiger partial charge in [-0.1, -0.05) is 0 Å². The first-order chi connectivity index (χ1) is 9.56. The average molecular weight is 296 g/mol. The van der Waals surface area contributed by atoms with Gasteiger partial charge in [0.15, 0.2) is 5.13 Å². The van der Waals surface area contributed by atoms with E-state index in [-0.39, 0.29) is 17.7 Å². The van der Waals surface area contributed by atoms with Crippen LogP contribution in [0.2, 0.25) is 0 Å². The van der Waals surface area contributed by atoms with Gasteiger partial charge in [-0.15, -0.1) is 11.3 Å². The fraction of sp³-hybridized carbons (Fsp3) is 0.615. The number of nitrogen functional groups attached to an aromatic ring is 1. The molecule has 0 saturated carbocycles. The van der Waals surface area contributed by atoms with E-state index in [0.29, 0.717) is 31.2 Å². The molecular weight excluding hydrogens is 276 g/mol. The quantitative estimate of drug-likeness (QED) is 0.853. The van der Waals surface area contributed by atoms with E-state index in [2.05, 4.69) is 10.3 Å².